The van der Waals surface area contributed by atoms with Crippen molar-refractivity contribution < 1.29 is 18.0 Å². The maximum atomic E-state index is 13.7. The number of amides is 1. The molecule has 0 saturated heterocycles. The number of nitrogens with two attached hydrogens (primary N) is 1. The maximum absolute atomic E-state index is 13.7. The summed E-state index contributed by atoms with van der Waals surface area (Å²) in [5.41, 5.74) is 4.62. The smallest absolute Gasteiger partial charge is 0.259 e. The normalized spacial score (nSPS) is 10.8. The molecule has 0 fully saturated rings. The fraction of sp³-hybridized carbons (Fsp3) is 0.429. The Morgan fingerprint density at radius 2 is 1.81 bits per heavy atom. The van der Waals surface area contributed by atoms with Crippen molar-refractivity contribution in [1.29, 1.82) is 0 Å². The van der Waals surface area contributed by atoms with Crippen LogP contribution in [0.3, 0.4) is 0 Å². The number of nitrogens with zero attached hydrogens (tertiary/aromatic N) is 1. The van der Waals surface area contributed by atoms with E-state index in [0.29, 0.717) is 12.1 Å². The summed E-state index contributed by atoms with van der Waals surface area (Å²) in [4.78, 5) is 13.8. The number of carbonyl (C=O) groups excluding carboxylic acids is 1. The van der Waals surface area contributed by atoms with Crippen LogP contribution in [0.1, 0.15) is 30.6 Å². The van der Waals surface area contributed by atoms with Crippen molar-refractivity contribution in [1.82, 2.24) is 4.90 Å². The van der Waals surface area contributed by atoms with Crippen LogP contribution in [0.5, 0.6) is 0 Å². The summed E-state index contributed by atoms with van der Waals surface area (Å²) in [6.07, 6.45) is 0.248. The molecular weight excluding hydrogens is 301 g/mol. The van der Waals surface area contributed by atoms with Crippen molar-refractivity contribution in [2.45, 2.75) is 20.3 Å². The zero-order valence-corrected chi connectivity index (χ0v) is 12.6. The van der Waals surface area contributed by atoms with Gasteiger partial charge in [-0.05, 0) is 5.92 Å². The van der Waals surface area contributed by atoms with Gasteiger partial charge < -0.3 is 10.6 Å². The van der Waals surface area contributed by atoms with Gasteiger partial charge in [-0.1, -0.05) is 26.1 Å². The number of hydrogen-bond acceptors (Lipinski definition) is 2. The number of thiocarbonyl (C=S) groups is 1. The van der Waals surface area contributed by atoms with E-state index in [2.05, 4.69) is 0 Å². The molecule has 1 amide bonds. The zero-order chi connectivity index (χ0) is 16.2. The molecule has 0 bridgehead atoms. The van der Waals surface area contributed by atoms with Crippen molar-refractivity contribution in [2.75, 3.05) is 13.1 Å². The predicted molar refractivity (Wildman–Crippen MR) is 78.5 cm³/mol. The maximum Gasteiger partial charge on any atom is 0.259 e. The monoisotopic (exact) mass is 318 g/mol. The molecule has 7 heteroatoms. The van der Waals surface area contributed by atoms with Crippen LogP contribution in [-0.2, 0) is 0 Å². The molecule has 3 nitrogen and oxygen atoms in total. The van der Waals surface area contributed by atoms with Gasteiger partial charge in [-0.3, -0.25) is 4.79 Å². The molecule has 1 aromatic rings. The lowest BCUT2D eigenvalue weighted by Crippen LogP contribution is -2.37. The molecule has 0 radical (unpaired) electrons. The Hall–Kier alpha value is -1.63. The zero-order valence-electron chi connectivity index (χ0n) is 11.8. The van der Waals surface area contributed by atoms with Gasteiger partial charge in [-0.25, -0.2) is 13.2 Å². The Kier molecular flexibility index (Phi) is 6.14. The molecule has 2 N–H and O–H groups in total. The second kappa shape index (κ2) is 7.40. The molecule has 21 heavy (non-hydrogen) atoms. The molecule has 1 aromatic carbocycles. The van der Waals surface area contributed by atoms with Crippen molar-refractivity contribution in [3.63, 3.8) is 0 Å². The van der Waals surface area contributed by atoms with Crippen molar-refractivity contribution in [3.8, 4) is 0 Å². The summed E-state index contributed by atoms with van der Waals surface area (Å²) in [5.74, 6) is -4.26. The Balaban J connectivity index is 3.07. The van der Waals surface area contributed by atoms with E-state index in [4.69, 9.17) is 18.0 Å². The first-order chi connectivity index (χ1) is 9.72. The van der Waals surface area contributed by atoms with Gasteiger partial charge in [-0.2, -0.15) is 0 Å². The third-order valence-electron chi connectivity index (χ3n) is 2.72. The summed E-state index contributed by atoms with van der Waals surface area (Å²) in [5, 5.41) is 0. The Morgan fingerprint density at radius 3 is 2.24 bits per heavy atom. The molecular formula is C14H17F3N2OS. The molecule has 116 valence electrons. The van der Waals surface area contributed by atoms with E-state index in [1.807, 2.05) is 13.8 Å². The SMILES string of the molecule is CC(C)CN(CCC(N)=S)C(=O)c1c(F)cc(F)cc1F. The van der Waals surface area contributed by atoms with Gasteiger partial charge in [0.15, 0.2) is 0 Å². The minimum atomic E-state index is -1.22. The average molecular weight is 318 g/mol. The van der Waals surface area contributed by atoms with Gasteiger partial charge in [0.25, 0.3) is 5.91 Å². The number of hydrogen-bond donors (Lipinski definition) is 1. The topological polar surface area (TPSA) is 46.3 Å². The van der Waals surface area contributed by atoms with Crippen molar-refractivity contribution in [2.24, 2.45) is 11.7 Å². The fourth-order valence-corrected chi connectivity index (χ4v) is 1.96. The molecule has 0 aromatic heterocycles. The Labute approximate surface area is 126 Å². The summed E-state index contributed by atoms with van der Waals surface area (Å²) < 4.78 is 40.3. The highest BCUT2D eigenvalue weighted by molar-refractivity contribution is 7.80. The van der Waals surface area contributed by atoms with Crippen LogP contribution in [0.25, 0.3) is 0 Å². The van der Waals surface area contributed by atoms with Crippen LogP contribution >= 0.6 is 12.2 Å². The van der Waals surface area contributed by atoms with Gasteiger partial charge in [-0.15, -0.1) is 0 Å². The van der Waals surface area contributed by atoms with Crippen LogP contribution in [0, 0.1) is 23.4 Å². The number of rotatable bonds is 6. The van der Waals surface area contributed by atoms with Crippen LogP contribution in [0.2, 0.25) is 0 Å². The molecule has 1 rings (SSSR count). The van der Waals surface area contributed by atoms with Gasteiger partial charge in [0.1, 0.15) is 23.0 Å². The molecule has 0 atom stereocenters. The second-order valence-electron chi connectivity index (χ2n) is 5.11. The van der Waals surface area contributed by atoms with Gasteiger partial charge in [0, 0.05) is 31.6 Å². The van der Waals surface area contributed by atoms with Crippen molar-refractivity contribution in [3.05, 3.63) is 35.1 Å². The van der Waals surface area contributed by atoms with Crippen molar-refractivity contribution >= 4 is 23.1 Å². The van der Waals surface area contributed by atoms with Crippen LogP contribution in [-0.4, -0.2) is 28.9 Å². The Morgan fingerprint density at radius 1 is 1.29 bits per heavy atom. The molecule has 0 saturated carbocycles. The minimum absolute atomic E-state index is 0.0897. The van der Waals surface area contributed by atoms with Crippen LogP contribution in [0.4, 0.5) is 13.2 Å². The lowest BCUT2D eigenvalue weighted by Gasteiger charge is -2.25. The fourth-order valence-electron chi connectivity index (χ4n) is 1.87. The molecule has 0 aliphatic heterocycles. The molecule has 0 unspecified atom stereocenters. The third-order valence-corrected chi connectivity index (χ3v) is 2.93. The third kappa shape index (κ3) is 5.00. The first-order valence-electron chi connectivity index (χ1n) is 6.44. The van der Waals surface area contributed by atoms with E-state index in [9.17, 15) is 18.0 Å². The predicted octanol–water partition coefficient (Wildman–Crippen LogP) is 2.88. The number of halogens is 3. The average Bonchev–Trinajstić information content (AvgIpc) is 2.32. The first kappa shape index (κ1) is 17.4. The van der Waals surface area contributed by atoms with Gasteiger partial charge in [0.05, 0.1) is 4.99 Å². The van der Waals surface area contributed by atoms with Crippen LogP contribution < -0.4 is 5.73 Å². The van der Waals surface area contributed by atoms with E-state index in [-0.39, 0.29) is 30.4 Å². The molecule has 0 spiro atoms. The summed E-state index contributed by atoms with van der Waals surface area (Å²) in [7, 11) is 0. The van der Waals surface area contributed by atoms with E-state index in [1.165, 1.54) is 4.90 Å². The number of carbonyl (C=O) groups is 1. The summed E-state index contributed by atoms with van der Waals surface area (Å²) in [6.45, 7) is 4.16. The van der Waals surface area contributed by atoms with Gasteiger partial charge >= 0.3 is 0 Å². The van der Waals surface area contributed by atoms with E-state index < -0.39 is 28.9 Å². The number of benzene rings is 1. The highest BCUT2D eigenvalue weighted by atomic mass is 32.1. The molecule has 0 heterocycles. The highest BCUT2D eigenvalue weighted by Crippen LogP contribution is 2.18. The standard InChI is InChI=1S/C14H17F3N2OS/c1-8(2)7-19(4-3-12(18)21)14(20)13-10(16)5-9(15)6-11(13)17/h5-6,8H,3-4,7H2,1-2H3,(H2,18,21). The second-order valence-corrected chi connectivity index (χ2v) is 5.63. The summed E-state index contributed by atoms with van der Waals surface area (Å²) >= 11 is 4.74. The summed E-state index contributed by atoms with van der Waals surface area (Å²) in [6, 6.07) is 0.967. The minimum Gasteiger partial charge on any atom is -0.393 e. The molecule has 0 aliphatic rings. The lowest BCUT2D eigenvalue weighted by atomic mass is 10.1. The highest BCUT2D eigenvalue weighted by Gasteiger charge is 2.24. The molecule has 0 aliphatic carbocycles. The van der Waals surface area contributed by atoms with E-state index in [0.717, 1.165) is 0 Å². The van der Waals surface area contributed by atoms with E-state index in [1.54, 1.807) is 0 Å². The quantitative estimate of drug-likeness (QED) is 0.821. The van der Waals surface area contributed by atoms with Crippen LogP contribution in [0.15, 0.2) is 12.1 Å². The lowest BCUT2D eigenvalue weighted by molar-refractivity contribution is 0.0731. The largest absolute Gasteiger partial charge is 0.393 e. The first-order valence-corrected chi connectivity index (χ1v) is 6.85. The van der Waals surface area contributed by atoms with E-state index >= 15 is 0 Å². The van der Waals surface area contributed by atoms with Gasteiger partial charge in [0.2, 0.25) is 0 Å². The Bertz CT molecular complexity index is 526.